The molecule has 1 fully saturated rings. The molecule has 0 saturated carbocycles. The fourth-order valence-electron chi connectivity index (χ4n) is 5.73. The number of morpholine rings is 1. The highest BCUT2D eigenvalue weighted by atomic mass is 32.2. The molecule has 2 N–H and O–H groups in total. The third-order valence-electron chi connectivity index (χ3n) is 8.11. The Labute approximate surface area is 289 Å². The van der Waals surface area contributed by atoms with Crippen molar-refractivity contribution in [2.45, 2.75) is 36.7 Å². The Balaban J connectivity index is 1.15. The largest absolute Gasteiger partial charge is 0.453 e. The highest BCUT2D eigenvalue weighted by Gasteiger charge is 2.26. The van der Waals surface area contributed by atoms with Crippen molar-refractivity contribution in [2.75, 3.05) is 37.4 Å². The van der Waals surface area contributed by atoms with Crippen LogP contribution < -0.4 is 15.5 Å². The molecule has 2 unspecified atom stereocenters. The zero-order valence-corrected chi connectivity index (χ0v) is 28.0. The van der Waals surface area contributed by atoms with Crippen molar-refractivity contribution in [3.63, 3.8) is 0 Å². The number of nitrogens with one attached hydrogen (secondary N) is 2. The lowest BCUT2D eigenvalue weighted by molar-refractivity contribution is -0.117. The van der Waals surface area contributed by atoms with Gasteiger partial charge in [0.25, 0.3) is 11.1 Å². The van der Waals surface area contributed by atoms with Gasteiger partial charge in [-0.1, -0.05) is 78.5 Å². The van der Waals surface area contributed by atoms with Crippen LogP contribution in [0.15, 0.2) is 113 Å². The maximum Gasteiger partial charge on any atom is 0.407 e. The van der Waals surface area contributed by atoms with Gasteiger partial charge in [-0.2, -0.15) is 0 Å². The third kappa shape index (κ3) is 9.11. The molecule has 0 bridgehead atoms. The van der Waals surface area contributed by atoms with Gasteiger partial charge in [0.15, 0.2) is 0 Å². The van der Waals surface area contributed by atoms with Crippen LogP contribution in [0.25, 0.3) is 11.5 Å². The number of alkyl carbamates (subject to hydrolysis) is 1. The number of nitrogens with zero attached hydrogens (tertiary/aromatic N) is 4. The predicted octanol–water partition coefficient (Wildman–Crippen LogP) is 5.83. The number of aryl methyl sites for hydroxylation is 1. The maximum atomic E-state index is 13.9. The van der Waals surface area contributed by atoms with Crippen LogP contribution in [0.2, 0.25) is 0 Å². The molecule has 6 rings (SSSR count). The summed E-state index contributed by atoms with van der Waals surface area (Å²) in [5.41, 5.74) is 5.46. The second kappa shape index (κ2) is 16.9. The number of ether oxygens (including phenoxy) is 2. The number of amides is 2. The lowest BCUT2D eigenvalue weighted by atomic mass is 9.99. The first-order valence-electron chi connectivity index (χ1n) is 16.1. The molecule has 11 nitrogen and oxygen atoms in total. The van der Waals surface area contributed by atoms with E-state index in [2.05, 4.69) is 37.9 Å². The summed E-state index contributed by atoms with van der Waals surface area (Å²) in [5.74, 6) is 0.839. The first-order chi connectivity index (χ1) is 24.1. The number of thioether (sulfide) groups is 1. The normalized spacial score (nSPS) is 15.8. The van der Waals surface area contributed by atoms with Gasteiger partial charge in [0.1, 0.15) is 6.54 Å². The van der Waals surface area contributed by atoms with Gasteiger partial charge in [-0.05, 0) is 60.2 Å². The lowest BCUT2D eigenvalue weighted by Crippen LogP contribution is -2.46. The minimum Gasteiger partial charge on any atom is -0.453 e. The Hall–Kier alpha value is -5.04. The monoisotopic (exact) mass is 678 g/mol. The van der Waals surface area contributed by atoms with E-state index >= 15 is 0 Å². The average Bonchev–Trinajstić information content (AvgIpc) is 3.64. The van der Waals surface area contributed by atoms with Crippen LogP contribution in [0.5, 0.6) is 0 Å². The Kier molecular flexibility index (Phi) is 11.7. The number of hydrogen-bond donors (Lipinski definition) is 2. The van der Waals surface area contributed by atoms with Crippen molar-refractivity contribution >= 4 is 35.1 Å². The minimum atomic E-state index is -0.665. The first-order valence-corrected chi connectivity index (χ1v) is 17.1. The number of para-hydroxylation sites is 2. The van der Waals surface area contributed by atoms with Gasteiger partial charge in [-0.15, -0.1) is 10.2 Å². The Bertz CT molecular complexity index is 1820. The molecule has 0 aliphatic carbocycles. The van der Waals surface area contributed by atoms with Gasteiger partial charge < -0.3 is 24.5 Å². The predicted molar refractivity (Wildman–Crippen MR) is 188 cm³/mol. The molecule has 49 heavy (non-hydrogen) atoms. The van der Waals surface area contributed by atoms with E-state index < -0.39 is 6.09 Å². The summed E-state index contributed by atoms with van der Waals surface area (Å²) in [6.07, 6.45) is 4.71. The van der Waals surface area contributed by atoms with E-state index in [0.29, 0.717) is 29.7 Å². The van der Waals surface area contributed by atoms with Crippen molar-refractivity contribution in [2.24, 2.45) is 0 Å². The molecule has 2 aromatic heterocycles. The zero-order valence-electron chi connectivity index (χ0n) is 27.2. The second-order valence-corrected chi connectivity index (χ2v) is 12.5. The molecule has 1 saturated heterocycles. The molecular formula is C37H38N6O5S. The molecule has 1 aliphatic heterocycles. The van der Waals surface area contributed by atoms with Gasteiger partial charge in [-0.25, -0.2) is 4.79 Å². The molecule has 2 amide bonds. The SMILES string of the molecule is COC(=O)NCC(=O)N(c1ccccc1CCC1CNCC(CSc2nnc(-c3ccncc3)o2)O1)c1ccccc1Cc1ccccc1. The van der Waals surface area contributed by atoms with E-state index in [4.69, 9.17) is 13.9 Å². The van der Waals surface area contributed by atoms with Gasteiger partial charge in [0.05, 0.1) is 30.7 Å². The van der Waals surface area contributed by atoms with Crippen LogP contribution >= 0.6 is 11.8 Å². The fourth-order valence-corrected chi connectivity index (χ4v) is 6.50. The summed E-state index contributed by atoms with van der Waals surface area (Å²) >= 11 is 1.47. The van der Waals surface area contributed by atoms with Crippen molar-refractivity contribution in [1.29, 1.82) is 0 Å². The zero-order chi connectivity index (χ0) is 33.8. The molecule has 5 aromatic rings. The molecular weight excluding hydrogens is 641 g/mol. The summed E-state index contributed by atoms with van der Waals surface area (Å²) < 4.78 is 17.1. The standard InChI is InChI=1S/C37H38N6O5S/c1-46-36(45)40-24-34(44)43(33-14-8-6-12-29(33)21-26-9-3-2-4-10-26)32-13-7-5-11-27(32)15-16-30-22-39-23-31(47-30)25-49-37-42-41-35(48-37)28-17-19-38-20-18-28/h2-14,17-20,30-31,39H,15-16,21-25H2,1H3,(H,40,45). The van der Waals surface area contributed by atoms with Crippen LogP contribution in [0.1, 0.15) is 23.1 Å². The summed E-state index contributed by atoms with van der Waals surface area (Å²) in [5, 5.41) is 14.9. The number of benzene rings is 3. The highest BCUT2D eigenvalue weighted by Crippen LogP contribution is 2.34. The van der Waals surface area contributed by atoms with E-state index in [-0.39, 0.29) is 24.7 Å². The molecule has 2 atom stereocenters. The van der Waals surface area contributed by atoms with Gasteiger partial charge in [0.2, 0.25) is 5.89 Å². The van der Waals surface area contributed by atoms with Crippen LogP contribution in [0.4, 0.5) is 16.2 Å². The van der Waals surface area contributed by atoms with E-state index in [9.17, 15) is 9.59 Å². The fraction of sp³-hybridized carbons (Fsp3) is 0.270. The number of aromatic nitrogens is 3. The third-order valence-corrected chi connectivity index (χ3v) is 9.06. The van der Waals surface area contributed by atoms with Crippen LogP contribution in [-0.2, 0) is 27.1 Å². The molecule has 12 heteroatoms. The van der Waals surface area contributed by atoms with Gasteiger partial charge >= 0.3 is 6.09 Å². The summed E-state index contributed by atoms with van der Waals surface area (Å²) in [7, 11) is 1.28. The van der Waals surface area contributed by atoms with Crippen molar-refractivity contribution < 1.29 is 23.5 Å². The lowest BCUT2D eigenvalue weighted by Gasteiger charge is -2.31. The Morgan fingerprint density at radius 3 is 2.37 bits per heavy atom. The van der Waals surface area contributed by atoms with Crippen LogP contribution in [-0.4, -0.2) is 71.9 Å². The average molecular weight is 679 g/mol. The van der Waals surface area contributed by atoms with E-state index in [1.807, 2.05) is 78.9 Å². The van der Waals surface area contributed by atoms with Gasteiger partial charge in [-0.3, -0.25) is 14.7 Å². The van der Waals surface area contributed by atoms with Crippen molar-refractivity contribution in [3.8, 4) is 11.5 Å². The number of rotatable bonds is 13. The Morgan fingerprint density at radius 1 is 0.898 bits per heavy atom. The molecule has 0 spiro atoms. The number of anilines is 2. The first kappa shape index (κ1) is 33.8. The van der Waals surface area contributed by atoms with E-state index in [1.54, 1.807) is 17.3 Å². The number of methoxy groups -OCH3 is 1. The summed E-state index contributed by atoms with van der Waals surface area (Å²) in [6.45, 7) is 1.22. The van der Waals surface area contributed by atoms with Crippen LogP contribution in [0, 0.1) is 0 Å². The maximum absolute atomic E-state index is 13.9. The topological polar surface area (TPSA) is 132 Å². The summed E-state index contributed by atoms with van der Waals surface area (Å²) in [6, 6.07) is 29.6. The number of pyridine rings is 1. The second-order valence-electron chi connectivity index (χ2n) is 11.5. The quantitative estimate of drug-likeness (QED) is 0.147. The van der Waals surface area contributed by atoms with E-state index in [0.717, 1.165) is 53.1 Å². The molecule has 252 valence electrons. The Morgan fingerprint density at radius 2 is 1.59 bits per heavy atom. The highest BCUT2D eigenvalue weighted by molar-refractivity contribution is 7.99. The molecule has 0 radical (unpaired) electrons. The smallest absolute Gasteiger partial charge is 0.407 e. The van der Waals surface area contributed by atoms with Crippen LogP contribution in [0.3, 0.4) is 0 Å². The van der Waals surface area contributed by atoms with E-state index in [1.165, 1.54) is 18.9 Å². The minimum absolute atomic E-state index is 0.0296. The molecule has 3 aromatic carbocycles. The number of carbonyl (C=O) groups is 2. The molecule has 1 aliphatic rings. The van der Waals surface area contributed by atoms with Gasteiger partial charge in [0, 0.05) is 36.8 Å². The summed E-state index contributed by atoms with van der Waals surface area (Å²) in [4.78, 5) is 31.6. The number of hydrogen-bond acceptors (Lipinski definition) is 10. The number of carbonyl (C=O) groups excluding carboxylic acids is 2. The molecule has 3 heterocycles. The van der Waals surface area contributed by atoms with Crippen molar-refractivity contribution in [3.05, 3.63) is 120 Å². The van der Waals surface area contributed by atoms with Crippen molar-refractivity contribution in [1.82, 2.24) is 25.8 Å².